The van der Waals surface area contributed by atoms with Gasteiger partial charge in [-0.3, -0.25) is 0 Å². The fourth-order valence-electron chi connectivity index (χ4n) is 3.77. The summed E-state index contributed by atoms with van der Waals surface area (Å²) in [6.45, 7) is 5.12. The first-order chi connectivity index (χ1) is 14.0. The van der Waals surface area contributed by atoms with Crippen LogP contribution in [0.5, 0.6) is 0 Å². The quantitative estimate of drug-likeness (QED) is 0.670. The van der Waals surface area contributed by atoms with E-state index in [0.29, 0.717) is 17.4 Å². The Bertz CT molecular complexity index is 1080. The molecule has 29 heavy (non-hydrogen) atoms. The summed E-state index contributed by atoms with van der Waals surface area (Å²) in [7, 11) is 4.07. The van der Waals surface area contributed by atoms with E-state index in [1.54, 1.807) is 0 Å². The lowest BCUT2D eigenvalue weighted by atomic mass is 9.97. The fourth-order valence-corrected chi connectivity index (χ4v) is 3.77. The van der Waals surface area contributed by atoms with Crippen molar-refractivity contribution in [2.24, 2.45) is 5.92 Å². The predicted octanol–water partition coefficient (Wildman–Crippen LogP) is 2.50. The molecule has 7 nitrogen and oxygen atoms in total. The molecular formula is C22H27N7. The van der Waals surface area contributed by atoms with Crippen molar-refractivity contribution in [2.75, 3.05) is 38.2 Å². The summed E-state index contributed by atoms with van der Waals surface area (Å²) in [4.78, 5) is 11.0. The largest absolute Gasteiger partial charge is 0.388 e. The van der Waals surface area contributed by atoms with E-state index in [1.807, 2.05) is 23.9 Å². The van der Waals surface area contributed by atoms with Crippen molar-refractivity contribution in [3.8, 4) is 11.8 Å². The minimum atomic E-state index is 0.426. The highest BCUT2D eigenvalue weighted by Crippen LogP contribution is 2.24. The van der Waals surface area contributed by atoms with Crippen molar-refractivity contribution in [1.82, 2.24) is 24.6 Å². The van der Waals surface area contributed by atoms with Crippen LogP contribution in [-0.2, 0) is 6.54 Å². The van der Waals surface area contributed by atoms with Crippen LogP contribution in [0.25, 0.3) is 11.0 Å². The number of hydrogen-bond acceptors (Lipinski definition) is 6. The second kappa shape index (κ2) is 8.10. The van der Waals surface area contributed by atoms with Gasteiger partial charge in [0.25, 0.3) is 0 Å². The van der Waals surface area contributed by atoms with Crippen molar-refractivity contribution < 1.29 is 0 Å². The lowest BCUT2D eigenvalue weighted by molar-refractivity contribution is 0.202. The number of piperidine rings is 1. The number of nitrogens with zero attached hydrogens (tertiary/aromatic N) is 5. The van der Waals surface area contributed by atoms with E-state index in [-0.39, 0.29) is 0 Å². The molecule has 1 saturated heterocycles. The minimum Gasteiger partial charge on any atom is -0.388 e. The van der Waals surface area contributed by atoms with Crippen LogP contribution in [0.15, 0.2) is 24.5 Å². The Morgan fingerprint density at radius 3 is 2.76 bits per heavy atom. The number of nitrogens with one attached hydrogen (secondary N) is 1. The molecular weight excluding hydrogens is 362 g/mol. The third kappa shape index (κ3) is 4.03. The number of fused-ring (bicyclic) bond motifs is 1. The summed E-state index contributed by atoms with van der Waals surface area (Å²) in [6.07, 6.45) is 3.83. The summed E-state index contributed by atoms with van der Waals surface area (Å²) in [5, 5.41) is 8.68. The molecule has 3 N–H and O–H groups in total. The van der Waals surface area contributed by atoms with Gasteiger partial charge in [0.15, 0.2) is 5.65 Å². The Hall–Kier alpha value is -3.11. The third-order valence-corrected chi connectivity index (χ3v) is 5.67. The zero-order chi connectivity index (χ0) is 20.4. The van der Waals surface area contributed by atoms with Crippen LogP contribution < -0.4 is 11.1 Å². The van der Waals surface area contributed by atoms with Gasteiger partial charge >= 0.3 is 0 Å². The molecule has 0 atom stereocenters. The zero-order valence-electron chi connectivity index (χ0n) is 17.2. The summed E-state index contributed by atoms with van der Waals surface area (Å²) in [5.41, 5.74) is 10.7. The van der Waals surface area contributed by atoms with Gasteiger partial charge in [-0.2, -0.15) is 5.10 Å². The van der Waals surface area contributed by atoms with E-state index in [1.165, 1.54) is 6.33 Å². The normalized spacial score (nSPS) is 15.3. The highest BCUT2D eigenvalue weighted by atomic mass is 15.3. The predicted molar refractivity (Wildman–Crippen MR) is 117 cm³/mol. The second-order valence-corrected chi connectivity index (χ2v) is 7.76. The molecule has 3 heterocycles. The molecule has 0 radical (unpaired) electrons. The number of aryl methyl sites for hydroxylation is 1. The highest BCUT2D eigenvalue weighted by Gasteiger charge is 2.21. The lowest BCUT2D eigenvalue weighted by Gasteiger charge is -2.28. The first kappa shape index (κ1) is 19.2. The van der Waals surface area contributed by atoms with E-state index >= 15 is 0 Å². The van der Waals surface area contributed by atoms with Gasteiger partial charge in [-0.15, -0.1) is 0 Å². The summed E-state index contributed by atoms with van der Waals surface area (Å²) in [6, 6.07) is 6.14. The maximum Gasteiger partial charge on any atom is 0.164 e. The van der Waals surface area contributed by atoms with E-state index in [4.69, 9.17) is 10.8 Å². The van der Waals surface area contributed by atoms with E-state index in [9.17, 15) is 0 Å². The van der Waals surface area contributed by atoms with E-state index < -0.39 is 0 Å². The Kier molecular flexibility index (Phi) is 5.36. The molecule has 3 aromatic rings. The first-order valence-corrected chi connectivity index (χ1v) is 10.0. The highest BCUT2D eigenvalue weighted by molar-refractivity contribution is 5.90. The van der Waals surface area contributed by atoms with Crippen molar-refractivity contribution >= 4 is 22.5 Å². The average Bonchev–Trinajstić information content (AvgIpc) is 3.08. The maximum absolute atomic E-state index is 6.18. The van der Waals surface area contributed by atoms with Crippen LogP contribution in [0.2, 0.25) is 0 Å². The molecule has 1 fully saturated rings. The molecule has 2 aromatic heterocycles. The first-order valence-electron chi connectivity index (χ1n) is 10.0. The van der Waals surface area contributed by atoms with Gasteiger partial charge in [0, 0.05) is 24.8 Å². The molecule has 0 amide bonds. The molecule has 1 aliphatic rings. The van der Waals surface area contributed by atoms with Gasteiger partial charge < -0.3 is 16.0 Å². The Morgan fingerprint density at radius 2 is 2.00 bits per heavy atom. The Labute approximate surface area is 171 Å². The number of nitrogen functional groups attached to an aromatic ring is 1. The van der Waals surface area contributed by atoms with Crippen LogP contribution >= 0.6 is 0 Å². The molecule has 0 spiro atoms. The lowest BCUT2D eigenvalue weighted by Crippen LogP contribution is -2.32. The van der Waals surface area contributed by atoms with Gasteiger partial charge in [-0.25, -0.2) is 14.6 Å². The monoisotopic (exact) mass is 389 g/mol. The van der Waals surface area contributed by atoms with Crippen molar-refractivity contribution in [3.05, 3.63) is 41.3 Å². The Balaban J connectivity index is 1.71. The molecule has 7 heteroatoms. The number of aromatic nitrogens is 4. The molecule has 1 aromatic carbocycles. The van der Waals surface area contributed by atoms with Crippen LogP contribution in [0.3, 0.4) is 0 Å². The van der Waals surface area contributed by atoms with Crippen LogP contribution in [-0.4, -0.2) is 51.8 Å². The molecule has 0 saturated carbocycles. The van der Waals surface area contributed by atoms with Gasteiger partial charge in [0.2, 0.25) is 0 Å². The number of anilines is 2. The molecule has 1 aliphatic heterocycles. The molecule has 150 valence electrons. The molecule has 4 rings (SSSR count). The summed E-state index contributed by atoms with van der Waals surface area (Å²) >= 11 is 0. The third-order valence-electron chi connectivity index (χ3n) is 5.67. The van der Waals surface area contributed by atoms with Crippen molar-refractivity contribution in [2.45, 2.75) is 26.3 Å². The fraction of sp³-hybridized carbons (Fsp3) is 0.409. The number of hydrogen-bond donors (Lipinski definition) is 2. The van der Waals surface area contributed by atoms with Gasteiger partial charge in [-0.05, 0) is 69.4 Å². The van der Waals surface area contributed by atoms with Crippen molar-refractivity contribution in [3.63, 3.8) is 0 Å². The minimum absolute atomic E-state index is 0.426. The standard InChI is InChI=1S/C22H27N7/c1-15-4-6-18(24-2)12-17(15)5-7-19-20-21(23)25-14-26-22(20)29(27-19)13-16-8-10-28(3)11-9-16/h4,6,12,14,16,24H,8-11,13H2,1-3H3,(H2,23,25,26). The number of benzene rings is 1. The average molecular weight is 390 g/mol. The Morgan fingerprint density at radius 1 is 1.21 bits per heavy atom. The zero-order valence-corrected chi connectivity index (χ0v) is 17.2. The topological polar surface area (TPSA) is 84.9 Å². The van der Waals surface area contributed by atoms with Crippen LogP contribution in [0, 0.1) is 24.7 Å². The van der Waals surface area contributed by atoms with Crippen molar-refractivity contribution in [1.29, 1.82) is 0 Å². The maximum atomic E-state index is 6.18. The van der Waals surface area contributed by atoms with Crippen LogP contribution in [0.1, 0.15) is 29.7 Å². The van der Waals surface area contributed by atoms with Gasteiger partial charge in [0.05, 0.1) is 5.39 Å². The summed E-state index contributed by atoms with van der Waals surface area (Å²) < 4.78 is 1.96. The molecule has 0 unspecified atom stereocenters. The molecule has 0 bridgehead atoms. The van der Waals surface area contributed by atoms with Gasteiger partial charge in [0.1, 0.15) is 17.8 Å². The SMILES string of the molecule is CNc1ccc(C)c(C#Cc2nn(CC3CCN(C)CC3)c3ncnc(N)c23)c1. The second-order valence-electron chi connectivity index (χ2n) is 7.76. The number of likely N-dealkylation sites (tertiary alicyclic amines) is 1. The molecule has 0 aliphatic carbocycles. The van der Waals surface area contributed by atoms with Crippen LogP contribution in [0.4, 0.5) is 11.5 Å². The van der Waals surface area contributed by atoms with E-state index in [2.05, 4.69) is 52.1 Å². The van der Waals surface area contributed by atoms with Gasteiger partial charge in [-0.1, -0.05) is 12.0 Å². The summed E-state index contributed by atoms with van der Waals surface area (Å²) in [5.74, 6) is 7.50. The van der Waals surface area contributed by atoms with E-state index in [0.717, 1.165) is 60.3 Å². The number of nitrogens with two attached hydrogens (primary N) is 1. The number of rotatable bonds is 3. The smallest absolute Gasteiger partial charge is 0.164 e.